The fraction of sp³-hybridized carbons (Fsp3) is 0.130. The van der Waals surface area contributed by atoms with Crippen LogP contribution in [0.4, 0.5) is 11.4 Å². The van der Waals surface area contributed by atoms with Crippen molar-refractivity contribution in [2.75, 3.05) is 17.2 Å². The number of rotatable bonds is 7. The molecule has 0 spiro atoms. The van der Waals surface area contributed by atoms with Crippen LogP contribution in [0.5, 0.6) is 5.75 Å². The van der Waals surface area contributed by atoms with E-state index in [4.69, 9.17) is 4.74 Å². The first-order valence-electron chi connectivity index (χ1n) is 9.12. The number of hydrogen-bond donors (Lipinski definition) is 2. The van der Waals surface area contributed by atoms with Crippen LogP contribution in [0.1, 0.15) is 22.8 Å². The van der Waals surface area contributed by atoms with Crippen molar-refractivity contribution in [2.45, 2.75) is 13.3 Å². The number of anilines is 2. The van der Waals surface area contributed by atoms with E-state index in [1.165, 1.54) is 0 Å². The van der Waals surface area contributed by atoms with E-state index in [0.717, 1.165) is 17.7 Å². The third-order valence-electron chi connectivity index (χ3n) is 4.14. The highest BCUT2D eigenvalue weighted by Crippen LogP contribution is 2.20. The van der Waals surface area contributed by atoms with Crippen molar-refractivity contribution in [3.05, 3.63) is 90.0 Å². The van der Waals surface area contributed by atoms with Crippen molar-refractivity contribution >= 4 is 23.2 Å². The van der Waals surface area contributed by atoms with Crippen LogP contribution in [-0.4, -0.2) is 18.4 Å². The molecule has 3 aromatic carbocycles. The fourth-order valence-electron chi connectivity index (χ4n) is 2.71. The number of amides is 2. The maximum absolute atomic E-state index is 12.5. The van der Waals surface area contributed by atoms with E-state index in [-0.39, 0.29) is 18.4 Å². The summed E-state index contributed by atoms with van der Waals surface area (Å²) in [6.07, 6.45) is 0.893. The Hall–Kier alpha value is -3.60. The van der Waals surface area contributed by atoms with Crippen LogP contribution in [0.15, 0.2) is 78.9 Å². The zero-order chi connectivity index (χ0) is 19.8. The summed E-state index contributed by atoms with van der Waals surface area (Å²) in [6, 6.07) is 23.7. The van der Waals surface area contributed by atoms with E-state index in [0.29, 0.717) is 17.0 Å². The van der Waals surface area contributed by atoms with Crippen LogP contribution >= 0.6 is 0 Å². The SMILES string of the molecule is CCc1cccc(NC(=O)COc2ccccc2C(=O)Nc2ccccc2)c1. The first-order valence-corrected chi connectivity index (χ1v) is 9.12. The Labute approximate surface area is 164 Å². The highest BCUT2D eigenvalue weighted by Gasteiger charge is 2.13. The van der Waals surface area contributed by atoms with Crippen LogP contribution in [0.25, 0.3) is 0 Å². The lowest BCUT2D eigenvalue weighted by Crippen LogP contribution is -2.21. The molecule has 2 N–H and O–H groups in total. The van der Waals surface area contributed by atoms with Gasteiger partial charge in [0.25, 0.3) is 11.8 Å². The molecule has 0 unspecified atom stereocenters. The van der Waals surface area contributed by atoms with Gasteiger partial charge in [0.2, 0.25) is 0 Å². The van der Waals surface area contributed by atoms with Crippen molar-refractivity contribution in [3.8, 4) is 5.75 Å². The number of hydrogen-bond acceptors (Lipinski definition) is 3. The number of para-hydroxylation sites is 2. The van der Waals surface area contributed by atoms with Gasteiger partial charge in [-0.15, -0.1) is 0 Å². The molecule has 5 heteroatoms. The number of aryl methyl sites for hydroxylation is 1. The highest BCUT2D eigenvalue weighted by molar-refractivity contribution is 6.06. The minimum absolute atomic E-state index is 0.189. The van der Waals surface area contributed by atoms with E-state index in [1.54, 1.807) is 36.4 Å². The lowest BCUT2D eigenvalue weighted by atomic mass is 10.1. The van der Waals surface area contributed by atoms with Crippen molar-refractivity contribution < 1.29 is 14.3 Å². The molecule has 3 rings (SSSR count). The van der Waals surface area contributed by atoms with Gasteiger partial charge in [-0.05, 0) is 48.4 Å². The normalized spacial score (nSPS) is 10.2. The van der Waals surface area contributed by atoms with E-state index >= 15 is 0 Å². The summed E-state index contributed by atoms with van der Waals surface area (Å²) in [4.78, 5) is 24.8. The molecule has 0 radical (unpaired) electrons. The molecule has 142 valence electrons. The summed E-state index contributed by atoms with van der Waals surface area (Å²) in [5.41, 5.74) is 2.92. The molecule has 0 aliphatic rings. The predicted molar refractivity (Wildman–Crippen MR) is 111 cm³/mol. The topological polar surface area (TPSA) is 67.4 Å². The molecule has 0 aliphatic carbocycles. The Kier molecular flexibility index (Phi) is 6.41. The molecule has 0 saturated carbocycles. The maximum Gasteiger partial charge on any atom is 0.262 e. The van der Waals surface area contributed by atoms with Crippen LogP contribution in [0.3, 0.4) is 0 Å². The van der Waals surface area contributed by atoms with Gasteiger partial charge in [0, 0.05) is 11.4 Å². The molecule has 3 aromatic rings. The lowest BCUT2D eigenvalue weighted by molar-refractivity contribution is -0.118. The quantitative estimate of drug-likeness (QED) is 0.639. The van der Waals surface area contributed by atoms with Gasteiger partial charge < -0.3 is 15.4 Å². The average molecular weight is 374 g/mol. The van der Waals surface area contributed by atoms with Crippen LogP contribution in [0.2, 0.25) is 0 Å². The summed E-state index contributed by atoms with van der Waals surface area (Å²) in [5, 5.41) is 5.63. The third kappa shape index (κ3) is 5.20. The summed E-state index contributed by atoms with van der Waals surface area (Å²) in [6.45, 7) is 1.87. The second kappa shape index (κ2) is 9.37. The van der Waals surface area contributed by atoms with Crippen molar-refractivity contribution in [2.24, 2.45) is 0 Å². The highest BCUT2D eigenvalue weighted by atomic mass is 16.5. The first-order chi connectivity index (χ1) is 13.7. The van der Waals surface area contributed by atoms with Gasteiger partial charge in [0.15, 0.2) is 6.61 Å². The zero-order valence-corrected chi connectivity index (χ0v) is 15.6. The third-order valence-corrected chi connectivity index (χ3v) is 4.14. The molecule has 0 bridgehead atoms. The van der Waals surface area contributed by atoms with Gasteiger partial charge in [-0.1, -0.05) is 49.4 Å². The zero-order valence-electron chi connectivity index (χ0n) is 15.6. The van der Waals surface area contributed by atoms with Crippen molar-refractivity contribution in [1.82, 2.24) is 0 Å². The van der Waals surface area contributed by atoms with Gasteiger partial charge in [-0.3, -0.25) is 9.59 Å². The van der Waals surface area contributed by atoms with E-state index in [2.05, 4.69) is 17.6 Å². The van der Waals surface area contributed by atoms with Gasteiger partial charge in [0.1, 0.15) is 5.75 Å². The number of nitrogens with one attached hydrogen (secondary N) is 2. The standard InChI is InChI=1S/C23H22N2O3/c1-2-17-9-8-12-19(15-17)24-22(26)16-28-21-14-7-6-13-20(21)23(27)25-18-10-4-3-5-11-18/h3-15H,2,16H2,1H3,(H,24,26)(H,25,27). The molecular weight excluding hydrogens is 352 g/mol. The van der Waals surface area contributed by atoms with Crippen molar-refractivity contribution in [1.29, 1.82) is 0 Å². The molecule has 5 nitrogen and oxygen atoms in total. The molecule has 0 aromatic heterocycles. The molecule has 0 fully saturated rings. The second-order valence-corrected chi connectivity index (χ2v) is 6.21. The average Bonchev–Trinajstić information content (AvgIpc) is 2.73. The van der Waals surface area contributed by atoms with Gasteiger partial charge >= 0.3 is 0 Å². The monoisotopic (exact) mass is 374 g/mol. The van der Waals surface area contributed by atoms with Gasteiger partial charge in [-0.2, -0.15) is 0 Å². The Morgan fingerprint density at radius 3 is 2.32 bits per heavy atom. The minimum atomic E-state index is -0.294. The van der Waals surface area contributed by atoms with E-state index < -0.39 is 0 Å². The second-order valence-electron chi connectivity index (χ2n) is 6.21. The Morgan fingerprint density at radius 2 is 1.54 bits per heavy atom. The smallest absolute Gasteiger partial charge is 0.262 e. The molecule has 2 amide bonds. The molecule has 0 saturated heterocycles. The first kappa shape index (κ1) is 19.2. The molecular formula is C23H22N2O3. The number of benzene rings is 3. The molecule has 0 atom stereocenters. The van der Waals surface area contributed by atoms with Crippen molar-refractivity contribution in [3.63, 3.8) is 0 Å². The molecule has 0 aliphatic heterocycles. The van der Waals surface area contributed by atoms with Crippen LogP contribution < -0.4 is 15.4 Å². The number of ether oxygens (including phenoxy) is 1. The largest absolute Gasteiger partial charge is 0.483 e. The Morgan fingerprint density at radius 1 is 0.821 bits per heavy atom. The minimum Gasteiger partial charge on any atom is -0.483 e. The van der Waals surface area contributed by atoms with Gasteiger partial charge in [-0.25, -0.2) is 0 Å². The summed E-state index contributed by atoms with van der Waals surface area (Å²) in [7, 11) is 0. The fourth-order valence-corrected chi connectivity index (χ4v) is 2.71. The van der Waals surface area contributed by atoms with E-state index in [9.17, 15) is 9.59 Å². The van der Waals surface area contributed by atoms with Gasteiger partial charge in [0.05, 0.1) is 5.56 Å². The van der Waals surface area contributed by atoms with Crippen LogP contribution in [-0.2, 0) is 11.2 Å². The van der Waals surface area contributed by atoms with Crippen LogP contribution in [0, 0.1) is 0 Å². The summed E-state index contributed by atoms with van der Waals surface area (Å²) in [5.74, 6) is -0.224. The molecule has 0 heterocycles. The number of carbonyl (C=O) groups is 2. The Bertz CT molecular complexity index is 955. The molecule has 28 heavy (non-hydrogen) atoms. The number of carbonyl (C=O) groups excluding carboxylic acids is 2. The summed E-state index contributed by atoms with van der Waals surface area (Å²) >= 11 is 0. The maximum atomic E-state index is 12.5. The van der Waals surface area contributed by atoms with E-state index in [1.807, 2.05) is 42.5 Å². The summed E-state index contributed by atoms with van der Waals surface area (Å²) < 4.78 is 5.61. The predicted octanol–water partition coefficient (Wildman–Crippen LogP) is 4.52. The Balaban J connectivity index is 1.63. The lowest BCUT2D eigenvalue weighted by Gasteiger charge is -2.12.